The average molecular weight is 674 g/mol. The molecule has 4 aromatic carbocycles. The number of aliphatic hydroxyl groups is 1. The summed E-state index contributed by atoms with van der Waals surface area (Å²) < 4.78 is 20.6. The van der Waals surface area contributed by atoms with Gasteiger partial charge in [0.15, 0.2) is 11.4 Å². The van der Waals surface area contributed by atoms with Crippen molar-refractivity contribution in [3.05, 3.63) is 142 Å². The second-order valence-electron chi connectivity index (χ2n) is 11.3. The second-order valence-corrected chi connectivity index (χ2v) is 12.0. The van der Waals surface area contributed by atoms with E-state index in [1.165, 1.54) is 0 Å². The Kier molecular flexibility index (Phi) is 10.4. The summed E-state index contributed by atoms with van der Waals surface area (Å²) in [5.41, 5.74) is 4.19. The van der Waals surface area contributed by atoms with Gasteiger partial charge in [-0.2, -0.15) is 0 Å². The van der Waals surface area contributed by atoms with E-state index in [9.17, 15) is 9.90 Å². The molecule has 1 fully saturated rings. The Balaban J connectivity index is 1.08. The first-order valence-corrected chi connectivity index (χ1v) is 16.0. The number of aliphatic hydroxyl groups excluding tert-OH is 1. The van der Waals surface area contributed by atoms with Crippen molar-refractivity contribution in [3.63, 3.8) is 0 Å². The molecule has 1 aromatic heterocycles. The van der Waals surface area contributed by atoms with Crippen molar-refractivity contribution in [2.45, 2.75) is 45.1 Å². The first kappa shape index (κ1) is 32.6. The van der Waals surface area contributed by atoms with E-state index < -0.39 is 6.29 Å². The highest BCUT2D eigenvalue weighted by molar-refractivity contribution is 6.40. The number of benzene rings is 4. The Bertz CT molecular complexity index is 1770. The van der Waals surface area contributed by atoms with Gasteiger partial charge in [-0.1, -0.05) is 96.9 Å². The van der Waals surface area contributed by atoms with Gasteiger partial charge in [-0.05, 0) is 53.1 Å². The molecule has 1 aliphatic rings. The van der Waals surface area contributed by atoms with Crippen LogP contribution in [0.5, 0.6) is 11.5 Å². The van der Waals surface area contributed by atoms with Gasteiger partial charge in [0.2, 0.25) is 0 Å². The lowest BCUT2D eigenvalue weighted by molar-refractivity contribution is -0.276. The topological polar surface area (TPSA) is 107 Å². The zero-order valence-electron chi connectivity index (χ0n) is 25.6. The van der Waals surface area contributed by atoms with Crippen LogP contribution < -0.4 is 15.4 Å². The molecular formula is C36H34Cl2N4O5. The van der Waals surface area contributed by atoms with Gasteiger partial charge in [0.25, 0.3) is 0 Å². The predicted molar refractivity (Wildman–Crippen MR) is 180 cm³/mol. The standard InChI is InChI=1S/C36H34Cl2N4O5/c1-23-31(20-42-22-40-33(37)34(42)38)46-35(47-32(23)26-11-9-25(21-43)10-12-26)27-13-7-24(8-14-27)19-39-36(44)41-28-15-17-30(18-16-28)45-29-5-3-2-4-6-29/h2-18,22-23,31-32,35,43H,19-21H2,1H3,(H2,39,41,44). The van der Waals surface area contributed by atoms with E-state index in [4.69, 9.17) is 37.4 Å². The lowest BCUT2D eigenvalue weighted by atomic mass is 9.90. The fourth-order valence-electron chi connectivity index (χ4n) is 5.37. The van der Waals surface area contributed by atoms with Gasteiger partial charge in [-0.15, -0.1) is 0 Å². The second kappa shape index (κ2) is 15.0. The number of nitrogens with zero attached hydrogens (tertiary/aromatic N) is 2. The minimum absolute atomic E-state index is 0.0316. The molecule has 47 heavy (non-hydrogen) atoms. The van der Waals surface area contributed by atoms with Crippen molar-refractivity contribution in [1.82, 2.24) is 14.9 Å². The highest BCUT2D eigenvalue weighted by Crippen LogP contribution is 2.42. The Morgan fingerprint density at radius 1 is 0.872 bits per heavy atom. The molecule has 0 aliphatic carbocycles. The van der Waals surface area contributed by atoms with Crippen molar-refractivity contribution in [1.29, 1.82) is 0 Å². The number of halogens is 2. The first-order chi connectivity index (χ1) is 22.9. The van der Waals surface area contributed by atoms with Gasteiger partial charge in [-0.3, -0.25) is 0 Å². The Hall–Kier alpha value is -4.38. The minimum atomic E-state index is -0.657. The van der Waals surface area contributed by atoms with Crippen LogP contribution in [0.15, 0.2) is 109 Å². The van der Waals surface area contributed by atoms with E-state index in [0.717, 1.165) is 28.0 Å². The SMILES string of the molecule is CC1C(Cn2cnc(Cl)c2Cl)OC(c2ccc(CNC(=O)Nc3ccc(Oc4ccccc4)cc3)cc2)OC1c1ccc(CO)cc1. The summed E-state index contributed by atoms with van der Waals surface area (Å²) in [7, 11) is 0. The highest BCUT2D eigenvalue weighted by Gasteiger charge is 2.38. The van der Waals surface area contributed by atoms with Crippen molar-refractivity contribution in [2.24, 2.45) is 5.92 Å². The molecule has 4 atom stereocenters. The van der Waals surface area contributed by atoms with Crippen LogP contribution in [0, 0.1) is 5.92 Å². The lowest BCUT2D eigenvalue weighted by Crippen LogP contribution is -2.39. The number of urea groups is 1. The lowest BCUT2D eigenvalue weighted by Gasteiger charge is -2.41. The molecule has 11 heteroatoms. The van der Waals surface area contributed by atoms with Crippen LogP contribution in [-0.4, -0.2) is 26.8 Å². The number of anilines is 1. The number of amides is 2. The molecule has 6 rings (SSSR count). The highest BCUT2D eigenvalue weighted by atomic mass is 35.5. The summed E-state index contributed by atoms with van der Waals surface area (Å²) in [5.74, 6) is 1.37. The van der Waals surface area contributed by atoms with Crippen molar-refractivity contribution < 1.29 is 24.1 Å². The summed E-state index contributed by atoms with van der Waals surface area (Å²) in [6, 6.07) is 31.8. The zero-order chi connectivity index (χ0) is 32.8. The number of para-hydroxylation sites is 1. The maximum absolute atomic E-state index is 12.6. The molecule has 0 radical (unpaired) electrons. The molecule has 3 N–H and O–H groups in total. The fraction of sp³-hybridized carbons (Fsp3) is 0.222. The number of carbonyl (C=O) groups is 1. The monoisotopic (exact) mass is 672 g/mol. The van der Waals surface area contributed by atoms with Crippen LogP contribution in [0.2, 0.25) is 10.3 Å². The summed E-state index contributed by atoms with van der Waals surface area (Å²) in [5, 5.41) is 15.8. The number of ether oxygens (including phenoxy) is 3. The minimum Gasteiger partial charge on any atom is -0.457 e. The van der Waals surface area contributed by atoms with Gasteiger partial charge in [-0.25, -0.2) is 9.78 Å². The van der Waals surface area contributed by atoms with Crippen molar-refractivity contribution in [3.8, 4) is 11.5 Å². The average Bonchev–Trinajstić information content (AvgIpc) is 3.42. The molecule has 2 amide bonds. The molecule has 2 heterocycles. The van der Waals surface area contributed by atoms with Crippen LogP contribution in [0.3, 0.4) is 0 Å². The van der Waals surface area contributed by atoms with Gasteiger partial charge in [0, 0.05) is 23.7 Å². The summed E-state index contributed by atoms with van der Waals surface area (Å²) in [6.45, 7) is 2.80. The van der Waals surface area contributed by atoms with Gasteiger partial charge in [0.1, 0.15) is 16.7 Å². The number of hydrogen-bond acceptors (Lipinski definition) is 6. The molecule has 1 saturated heterocycles. The van der Waals surface area contributed by atoms with Crippen molar-refractivity contribution in [2.75, 3.05) is 5.32 Å². The third-order valence-corrected chi connectivity index (χ3v) is 8.80. The van der Waals surface area contributed by atoms with Gasteiger partial charge < -0.3 is 34.5 Å². The van der Waals surface area contributed by atoms with E-state index in [-0.39, 0.29) is 35.9 Å². The maximum atomic E-state index is 12.6. The van der Waals surface area contributed by atoms with E-state index in [1.807, 2.05) is 78.9 Å². The Morgan fingerprint density at radius 2 is 1.53 bits per heavy atom. The third-order valence-electron chi connectivity index (χ3n) is 8.03. The molecule has 0 bridgehead atoms. The van der Waals surface area contributed by atoms with Crippen LogP contribution in [-0.2, 0) is 29.2 Å². The quantitative estimate of drug-likeness (QED) is 0.138. The number of imidazole rings is 1. The van der Waals surface area contributed by atoms with Gasteiger partial charge >= 0.3 is 6.03 Å². The Morgan fingerprint density at radius 3 is 2.19 bits per heavy atom. The smallest absolute Gasteiger partial charge is 0.319 e. The van der Waals surface area contributed by atoms with Crippen LogP contribution in [0.25, 0.3) is 0 Å². The summed E-state index contributed by atoms with van der Waals surface area (Å²) >= 11 is 12.5. The number of carbonyl (C=O) groups excluding carboxylic acids is 1. The van der Waals surface area contributed by atoms with Gasteiger partial charge in [0.05, 0.1) is 31.7 Å². The van der Waals surface area contributed by atoms with E-state index in [1.54, 1.807) is 35.2 Å². The maximum Gasteiger partial charge on any atom is 0.319 e. The number of rotatable bonds is 10. The Labute approximate surface area is 283 Å². The largest absolute Gasteiger partial charge is 0.457 e. The molecule has 0 saturated carbocycles. The molecule has 5 aromatic rings. The predicted octanol–water partition coefficient (Wildman–Crippen LogP) is 8.29. The molecule has 1 aliphatic heterocycles. The zero-order valence-corrected chi connectivity index (χ0v) is 27.1. The fourth-order valence-corrected chi connectivity index (χ4v) is 5.69. The molecule has 0 spiro atoms. The molecule has 242 valence electrons. The van der Waals surface area contributed by atoms with E-state index in [2.05, 4.69) is 22.5 Å². The summed E-state index contributed by atoms with van der Waals surface area (Å²) in [4.78, 5) is 16.7. The normalized spacial score (nSPS) is 19.2. The summed E-state index contributed by atoms with van der Waals surface area (Å²) in [6.07, 6.45) is 0.385. The molecule has 4 unspecified atom stereocenters. The number of nitrogens with one attached hydrogen (secondary N) is 2. The van der Waals surface area contributed by atoms with E-state index >= 15 is 0 Å². The first-order valence-electron chi connectivity index (χ1n) is 15.2. The van der Waals surface area contributed by atoms with Crippen LogP contribution in [0.4, 0.5) is 10.5 Å². The molecule has 9 nitrogen and oxygen atoms in total. The van der Waals surface area contributed by atoms with Crippen LogP contribution >= 0.6 is 23.2 Å². The van der Waals surface area contributed by atoms with Crippen LogP contribution in [0.1, 0.15) is 41.6 Å². The molecular weight excluding hydrogens is 639 g/mol. The van der Waals surface area contributed by atoms with Crippen molar-refractivity contribution >= 4 is 34.9 Å². The third kappa shape index (κ3) is 8.13. The van der Waals surface area contributed by atoms with E-state index in [0.29, 0.717) is 29.7 Å². The number of aromatic nitrogens is 2. The number of hydrogen-bond donors (Lipinski definition) is 3.